The molecule has 128 valence electrons. The molecule has 1 aliphatic rings. The molecule has 6 nitrogen and oxygen atoms in total. The standard InChI is InChI=1S/C20H18N6/c1-2-7-15(8-3-1)20-23-22-18-11-12-19(24-26(18)20)25-14-6-10-17(25)16-9-4-5-13-21-16/h1-5,7-9,11-13,17H,6,10,14H2/t17-/m1/s1. The van der Waals surface area contributed by atoms with Gasteiger partial charge in [0.2, 0.25) is 0 Å². The van der Waals surface area contributed by atoms with E-state index >= 15 is 0 Å². The molecule has 4 aromatic rings. The minimum Gasteiger partial charge on any atom is -0.347 e. The summed E-state index contributed by atoms with van der Waals surface area (Å²) >= 11 is 0. The van der Waals surface area contributed by atoms with E-state index in [2.05, 4.69) is 26.1 Å². The van der Waals surface area contributed by atoms with Gasteiger partial charge < -0.3 is 4.90 Å². The topological polar surface area (TPSA) is 59.2 Å². The van der Waals surface area contributed by atoms with Crippen LogP contribution in [0.2, 0.25) is 0 Å². The average Bonchev–Trinajstić information content (AvgIpc) is 3.36. The van der Waals surface area contributed by atoms with Crippen molar-refractivity contribution < 1.29 is 0 Å². The third-order valence-corrected chi connectivity index (χ3v) is 4.86. The van der Waals surface area contributed by atoms with Crippen LogP contribution < -0.4 is 4.90 Å². The van der Waals surface area contributed by atoms with E-state index < -0.39 is 0 Å². The molecule has 0 bridgehead atoms. The lowest BCUT2D eigenvalue weighted by Crippen LogP contribution is -2.24. The number of anilines is 1. The summed E-state index contributed by atoms with van der Waals surface area (Å²) in [5, 5.41) is 13.4. The second kappa shape index (κ2) is 6.22. The summed E-state index contributed by atoms with van der Waals surface area (Å²) in [5.41, 5.74) is 2.85. The van der Waals surface area contributed by atoms with Gasteiger partial charge in [0, 0.05) is 18.3 Å². The molecule has 0 unspecified atom stereocenters. The van der Waals surface area contributed by atoms with Crippen LogP contribution in [-0.2, 0) is 0 Å². The van der Waals surface area contributed by atoms with Crippen molar-refractivity contribution >= 4 is 11.5 Å². The summed E-state index contributed by atoms with van der Waals surface area (Å²) in [6, 6.07) is 20.4. The molecule has 5 rings (SSSR count). The van der Waals surface area contributed by atoms with Gasteiger partial charge in [-0.25, -0.2) is 0 Å². The first kappa shape index (κ1) is 15.0. The van der Waals surface area contributed by atoms with Gasteiger partial charge in [-0.2, -0.15) is 4.52 Å². The van der Waals surface area contributed by atoms with Crippen LogP contribution in [0.5, 0.6) is 0 Å². The lowest BCUT2D eigenvalue weighted by atomic mass is 10.1. The van der Waals surface area contributed by atoms with Crippen LogP contribution in [0, 0.1) is 0 Å². The Balaban J connectivity index is 1.57. The third kappa shape index (κ3) is 2.50. The maximum absolute atomic E-state index is 4.86. The molecule has 0 N–H and O–H groups in total. The second-order valence-corrected chi connectivity index (χ2v) is 6.46. The Labute approximate surface area is 151 Å². The molecule has 1 saturated heterocycles. The second-order valence-electron chi connectivity index (χ2n) is 6.46. The molecule has 0 aliphatic carbocycles. The van der Waals surface area contributed by atoms with E-state index in [1.807, 2.05) is 65.3 Å². The molecule has 1 aromatic carbocycles. The molecule has 1 aliphatic heterocycles. The quantitative estimate of drug-likeness (QED) is 0.570. The third-order valence-electron chi connectivity index (χ3n) is 4.86. The molecular weight excluding hydrogens is 324 g/mol. The maximum atomic E-state index is 4.86. The summed E-state index contributed by atoms with van der Waals surface area (Å²) < 4.78 is 1.83. The predicted octanol–water partition coefficient (Wildman–Crippen LogP) is 3.53. The summed E-state index contributed by atoms with van der Waals surface area (Å²) in [5.74, 6) is 1.69. The minimum absolute atomic E-state index is 0.262. The van der Waals surface area contributed by atoms with E-state index in [1.165, 1.54) is 0 Å². The van der Waals surface area contributed by atoms with E-state index in [1.54, 1.807) is 0 Å². The molecule has 1 fully saturated rings. The highest BCUT2D eigenvalue weighted by molar-refractivity contribution is 5.59. The van der Waals surface area contributed by atoms with Crippen LogP contribution in [0.3, 0.4) is 0 Å². The normalized spacial score (nSPS) is 17.1. The zero-order valence-electron chi connectivity index (χ0n) is 14.2. The first-order valence-electron chi connectivity index (χ1n) is 8.85. The number of nitrogens with zero attached hydrogens (tertiary/aromatic N) is 6. The molecule has 26 heavy (non-hydrogen) atoms. The lowest BCUT2D eigenvalue weighted by Gasteiger charge is -2.25. The zero-order valence-corrected chi connectivity index (χ0v) is 14.2. The fourth-order valence-corrected chi connectivity index (χ4v) is 3.62. The van der Waals surface area contributed by atoms with Gasteiger partial charge >= 0.3 is 0 Å². The van der Waals surface area contributed by atoms with Crippen LogP contribution in [0.1, 0.15) is 24.6 Å². The van der Waals surface area contributed by atoms with Gasteiger partial charge in [-0.3, -0.25) is 4.98 Å². The molecule has 0 radical (unpaired) electrons. The Hall–Kier alpha value is -3.28. The monoisotopic (exact) mass is 342 g/mol. The number of fused-ring (bicyclic) bond motifs is 1. The van der Waals surface area contributed by atoms with E-state index in [4.69, 9.17) is 5.10 Å². The van der Waals surface area contributed by atoms with Gasteiger partial charge in [0.15, 0.2) is 11.5 Å². The largest absolute Gasteiger partial charge is 0.347 e. The number of rotatable bonds is 3. The van der Waals surface area contributed by atoms with Crippen LogP contribution in [0.4, 0.5) is 5.82 Å². The van der Waals surface area contributed by atoms with Crippen molar-refractivity contribution in [2.24, 2.45) is 0 Å². The number of benzene rings is 1. The molecule has 0 saturated carbocycles. The van der Waals surface area contributed by atoms with Crippen molar-refractivity contribution in [3.05, 3.63) is 72.6 Å². The van der Waals surface area contributed by atoms with Gasteiger partial charge in [-0.1, -0.05) is 36.4 Å². The highest BCUT2D eigenvalue weighted by Gasteiger charge is 2.28. The number of hydrogen-bond acceptors (Lipinski definition) is 5. The highest BCUT2D eigenvalue weighted by atomic mass is 15.4. The molecule has 0 amide bonds. The van der Waals surface area contributed by atoms with Crippen molar-refractivity contribution in [2.45, 2.75) is 18.9 Å². The van der Waals surface area contributed by atoms with Crippen molar-refractivity contribution in [1.29, 1.82) is 0 Å². The van der Waals surface area contributed by atoms with Crippen LogP contribution in [0.25, 0.3) is 17.0 Å². The van der Waals surface area contributed by atoms with Crippen LogP contribution >= 0.6 is 0 Å². The molecule has 1 atom stereocenters. The molecule has 4 heterocycles. The van der Waals surface area contributed by atoms with Gasteiger partial charge in [0.05, 0.1) is 11.7 Å². The number of pyridine rings is 1. The van der Waals surface area contributed by atoms with E-state index in [0.717, 1.165) is 47.9 Å². The van der Waals surface area contributed by atoms with E-state index in [9.17, 15) is 0 Å². The summed E-state index contributed by atoms with van der Waals surface area (Å²) in [7, 11) is 0. The summed E-state index contributed by atoms with van der Waals surface area (Å²) in [6.45, 7) is 0.975. The molecular formula is C20H18N6. The highest BCUT2D eigenvalue weighted by Crippen LogP contribution is 2.34. The number of aromatic nitrogens is 5. The fraction of sp³-hybridized carbons (Fsp3) is 0.200. The van der Waals surface area contributed by atoms with Gasteiger partial charge in [-0.05, 0) is 37.1 Å². The van der Waals surface area contributed by atoms with Crippen molar-refractivity contribution in [3.8, 4) is 11.4 Å². The smallest absolute Gasteiger partial charge is 0.185 e. The van der Waals surface area contributed by atoms with Crippen LogP contribution in [-0.4, -0.2) is 31.3 Å². The summed E-state index contributed by atoms with van der Waals surface area (Å²) in [6.07, 6.45) is 4.08. The first-order chi connectivity index (χ1) is 12.9. The Morgan fingerprint density at radius 2 is 1.77 bits per heavy atom. The molecule has 6 heteroatoms. The first-order valence-corrected chi connectivity index (χ1v) is 8.85. The number of hydrogen-bond donors (Lipinski definition) is 0. The average molecular weight is 342 g/mol. The maximum Gasteiger partial charge on any atom is 0.185 e. The zero-order chi connectivity index (χ0) is 17.3. The van der Waals surface area contributed by atoms with Crippen LogP contribution in [0.15, 0.2) is 66.9 Å². The Morgan fingerprint density at radius 1 is 0.885 bits per heavy atom. The van der Waals surface area contributed by atoms with Crippen molar-refractivity contribution in [2.75, 3.05) is 11.4 Å². The molecule has 3 aromatic heterocycles. The van der Waals surface area contributed by atoms with Crippen molar-refractivity contribution in [1.82, 2.24) is 24.8 Å². The Kier molecular flexibility index (Phi) is 3.59. The molecule has 0 spiro atoms. The lowest BCUT2D eigenvalue weighted by molar-refractivity contribution is 0.680. The van der Waals surface area contributed by atoms with Gasteiger partial charge in [0.1, 0.15) is 5.82 Å². The predicted molar refractivity (Wildman–Crippen MR) is 99.8 cm³/mol. The van der Waals surface area contributed by atoms with Gasteiger partial charge in [-0.15, -0.1) is 15.3 Å². The minimum atomic E-state index is 0.262. The van der Waals surface area contributed by atoms with E-state index in [-0.39, 0.29) is 6.04 Å². The fourth-order valence-electron chi connectivity index (χ4n) is 3.62. The van der Waals surface area contributed by atoms with E-state index in [0.29, 0.717) is 0 Å². The Morgan fingerprint density at radius 3 is 2.62 bits per heavy atom. The SMILES string of the molecule is c1ccc(-c2nnc3ccc(N4CCC[C@@H]4c4ccccn4)nn23)cc1. The summed E-state index contributed by atoms with van der Waals surface area (Å²) in [4.78, 5) is 6.88. The van der Waals surface area contributed by atoms with Gasteiger partial charge in [0.25, 0.3) is 0 Å². The van der Waals surface area contributed by atoms with Crippen molar-refractivity contribution in [3.63, 3.8) is 0 Å². The Bertz CT molecular complexity index is 1030.